The molecule has 8 heteroatoms. The van der Waals surface area contributed by atoms with Crippen molar-refractivity contribution in [2.75, 3.05) is 0 Å². The average Bonchev–Trinajstić information content (AvgIpc) is 3.17. The van der Waals surface area contributed by atoms with E-state index < -0.39 is 6.43 Å². The van der Waals surface area contributed by atoms with Crippen molar-refractivity contribution >= 4 is 11.6 Å². The van der Waals surface area contributed by atoms with E-state index in [-0.39, 0.29) is 16.6 Å². The fourth-order valence-corrected chi connectivity index (χ4v) is 2.81. The number of hydrogen-bond acceptors (Lipinski definition) is 3. The summed E-state index contributed by atoms with van der Waals surface area (Å²) in [6, 6.07) is -0.295. The van der Waals surface area contributed by atoms with Crippen LogP contribution in [0.2, 0.25) is 0 Å². The van der Waals surface area contributed by atoms with Crippen LogP contribution in [0.25, 0.3) is 0 Å². The van der Waals surface area contributed by atoms with E-state index in [4.69, 9.17) is 11.6 Å². The zero-order valence-electron chi connectivity index (χ0n) is 12.5. The highest BCUT2D eigenvalue weighted by molar-refractivity contribution is 6.32. The summed E-state index contributed by atoms with van der Waals surface area (Å²) in [5, 5.41) is 8.30. The Morgan fingerprint density at radius 2 is 2.26 bits per heavy atom. The summed E-state index contributed by atoms with van der Waals surface area (Å²) in [4.78, 5) is 4.26. The molecule has 0 spiro atoms. The number of imidazole rings is 1. The molecule has 2 aromatic heterocycles. The molecule has 1 unspecified atom stereocenters. The lowest BCUT2D eigenvalue weighted by atomic mass is 10.0. The smallest absolute Gasteiger partial charge is 0.265 e. The Morgan fingerprint density at radius 3 is 3.00 bits per heavy atom. The minimum absolute atomic E-state index is 0.114. The maximum atomic E-state index is 13.0. The van der Waals surface area contributed by atoms with Crippen LogP contribution in [0, 0.1) is 0 Å². The van der Waals surface area contributed by atoms with Gasteiger partial charge in [0.2, 0.25) is 0 Å². The molecule has 2 heterocycles. The molecular weight excluding hydrogens is 324 g/mol. The molecule has 0 N–H and O–H groups in total. The highest BCUT2D eigenvalue weighted by atomic mass is 35.5. The van der Waals surface area contributed by atoms with E-state index >= 15 is 0 Å². The van der Waals surface area contributed by atoms with Crippen molar-refractivity contribution in [3.63, 3.8) is 0 Å². The standard InChI is InChI=1S/C15H16ClF2N5/c1-2-14-19-5-6-22(14)8-10-9-23(21-20-10)11-3-4-13(16)12(7-11)15(17)18/h4-7,9,11,15H,2-3,8H2,1H3. The van der Waals surface area contributed by atoms with Crippen LogP contribution in [0.5, 0.6) is 0 Å². The quantitative estimate of drug-likeness (QED) is 0.839. The molecule has 5 nitrogen and oxygen atoms in total. The van der Waals surface area contributed by atoms with Gasteiger partial charge in [-0.1, -0.05) is 29.8 Å². The summed E-state index contributed by atoms with van der Waals surface area (Å²) < 4.78 is 29.5. The van der Waals surface area contributed by atoms with Crippen molar-refractivity contribution in [2.24, 2.45) is 0 Å². The minimum Gasteiger partial charge on any atom is -0.329 e. The number of allylic oxidation sites excluding steroid dienone is 4. The third kappa shape index (κ3) is 3.34. The molecule has 0 bridgehead atoms. The first-order valence-electron chi connectivity index (χ1n) is 7.35. The molecule has 0 amide bonds. The Kier molecular flexibility index (Phi) is 4.56. The Morgan fingerprint density at radius 1 is 1.43 bits per heavy atom. The SMILES string of the molecule is CCc1nccn1Cc1cn(C2C=C(C(F)F)C(Cl)=CC2)nn1. The van der Waals surface area contributed by atoms with Gasteiger partial charge in [0.05, 0.1) is 18.8 Å². The monoisotopic (exact) mass is 339 g/mol. The topological polar surface area (TPSA) is 48.5 Å². The van der Waals surface area contributed by atoms with E-state index in [1.54, 1.807) is 23.2 Å². The zero-order chi connectivity index (χ0) is 16.4. The van der Waals surface area contributed by atoms with Gasteiger partial charge in [0.15, 0.2) is 0 Å². The van der Waals surface area contributed by atoms with Gasteiger partial charge in [0, 0.05) is 29.4 Å². The Bertz CT molecular complexity index is 747. The highest BCUT2D eigenvalue weighted by Crippen LogP contribution is 2.31. The van der Waals surface area contributed by atoms with Gasteiger partial charge in [-0.3, -0.25) is 0 Å². The van der Waals surface area contributed by atoms with Crippen molar-refractivity contribution < 1.29 is 8.78 Å². The summed E-state index contributed by atoms with van der Waals surface area (Å²) in [5.41, 5.74) is 0.605. The largest absolute Gasteiger partial charge is 0.329 e. The van der Waals surface area contributed by atoms with Crippen molar-refractivity contribution in [1.29, 1.82) is 0 Å². The second-order valence-corrected chi connectivity index (χ2v) is 5.70. The predicted molar refractivity (Wildman–Crippen MR) is 82.4 cm³/mol. The van der Waals surface area contributed by atoms with Crippen molar-refractivity contribution in [2.45, 2.75) is 38.8 Å². The molecule has 23 heavy (non-hydrogen) atoms. The van der Waals surface area contributed by atoms with E-state index in [2.05, 4.69) is 15.3 Å². The summed E-state index contributed by atoms with van der Waals surface area (Å²) in [6.45, 7) is 2.59. The normalized spacial score (nSPS) is 18.2. The molecule has 0 saturated heterocycles. The molecule has 0 aromatic carbocycles. The van der Waals surface area contributed by atoms with Crippen molar-refractivity contribution in [1.82, 2.24) is 24.5 Å². The van der Waals surface area contributed by atoms with Crippen LogP contribution >= 0.6 is 11.6 Å². The number of alkyl halides is 2. The average molecular weight is 340 g/mol. The molecule has 0 saturated carbocycles. The fourth-order valence-electron chi connectivity index (χ4n) is 2.58. The maximum Gasteiger partial charge on any atom is 0.265 e. The molecule has 122 valence electrons. The van der Waals surface area contributed by atoms with E-state index in [1.807, 2.05) is 17.7 Å². The van der Waals surface area contributed by atoms with Gasteiger partial charge in [0.1, 0.15) is 11.5 Å². The molecular formula is C15H16ClF2N5. The van der Waals surface area contributed by atoms with Gasteiger partial charge in [-0.25, -0.2) is 18.4 Å². The maximum absolute atomic E-state index is 13.0. The number of rotatable bonds is 5. The fraction of sp³-hybridized carbons (Fsp3) is 0.400. The lowest BCUT2D eigenvalue weighted by Crippen LogP contribution is -2.13. The van der Waals surface area contributed by atoms with Gasteiger partial charge in [-0.05, 0) is 12.5 Å². The number of hydrogen-bond donors (Lipinski definition) is 0. The van der Waals surface area contributed by atoms with Crippen LogP contribution in [0.15, 0.2) is 41.3 Å². The first kappa shape index (κ1) is 15.9. The molecule has 1 aliphatic carbocycles. The lowest BCUT2D eigenvalue weighted by Gasteiger charge is -2.18. The second-order valence-electron chi connectivity index (χ2n) is 5.29. The number of aromatic nitrogens is 5. The third-order valence-corrected chi connectivity index (χ3v) is 4.14. The second kappa shape index (κ2) is 6.62. The predicted octanol–water partition coefficient (Wildman–Crippen LogP) is 3.34. The number of halogens is 3. The van der Waals surface area contributed by atoms with Crippen LogP contribution in [0.4, 0.5) is 8.78 Å². The van der Waals surface area contributed by atoms with Crippen LogP contribution in [0.3, 0.4) is 0 Å². The van der Waals surface area contributed by atoms with Crippen LogP contribution < -0.4 is 0 Å². The first-order chi connectivity index (χ1) is 11.1. The van der Waals surface area contributed by atoms with Gasteiger partial charge in [-0.15, -0.1) is 5.10 Å². The number of nitrogens with zero attached hydrogens (tertiary/aromatic N) is 5. The minimum atomic E-state index is -2.59. The highest BCUT2D eigenvalue weighted by Gasteiger charge is 2.23. The van der Waals surface area contributed by atoms with E-state index in [0.717, 1.165) is 17.9 Å². The summed E-state index contributed by atoms with van der Waals surface area (Å²) in [5.74, 6) is 0.965. The Labute approximate surface area is 137 Å². The van der Waals surface area contributed by atoms with Gasteiger partial charge >= 0.3 is 0 Å². The van der Waals surface area contributed by atoms with E-state index in [0.29, 0.717) is 13.0 Å². The van der Waals surface area contributed by atoms with Crippen LogP contribution in [-0.2, 0) is 13.0 Å². The van der Waals surface area contributed by atoms with E-state index in [9.17, 15) is 8.78 Å². The van der Waals surface area contributed by atoms with Crippen LogP contribution in [-0.4, -0.2) is 31.0 Å². The molecule has 1 atom stereocenters. The Hall–Kier alpha value is -2.02. The Balaban J connectivity index is 1.77. The number of aryl methyl sites for hydroxylation is 1. The molecule has 0 radical (unpaired) electrons. The van der Waals surface area contributed by atoms with Crippen LogP contribution in [0.1, 0.15) is 30.9 Å². The summed E-state index contributed by atoms with van der Waals surface area (Å²) in [7, 11) is 0. The van der Waals surface area contributed by atoms with Crippen molar-refractivity contribution in [3.05, 3.63) is 52.9 Å². The molecule has 2 aromatic rings. The first-order valence-corrected chi connectivity index (χ1v) is 7.73. The van der Waals surface area contributed by atoms with Crippen molar-refractivity contribution in [3.8, 4) is 0 Å². The van der Waals surface area contributed by atoms with Gasteiger partial charge in [0.25, 0.3) is 6.43 Å². The molecule has 1 aliphatic rings. The summed E-state index contributed by atoms with van der Waals surface area (Å²) in [6.07, 6.45) is 7.21. The summed E-state index contributed by atoms with van der Waals surface area (Å²) >= 11 is 5.82. The van der Waals surface area contributed by atoms with E-state index in [1.165, 1.54) is 6.08 Å². The zero-order valence-corrected chi connectivity index (χ0v) is 13.3. The lowest BCUT2D eigenvalue weighted by molar-refractivity contribution is 0.191. The third-order valence-electron chi connectivity index (χ3n) is 3.77. The van der Waals surface area contributed by atoms with Gasteiger partial charge in [-0.2, -0.15) is 0 Å². The molecule has 0 aliphatic heterocycles. The van der Waals surface area contributed by atoms with Gasteiger partial charge < -0.3 is 4.57 Å². The molecule has 0 fully saturated rings. The molecule has 3 rings (SSSR count).